The normalized spacial score (nSPS) is 11.8. The summed E-state index contributed by atoms with van der Waals surface area (Å²) in [5.74, 6) is 1.68. The van der Waals surface area contributed by atoms with E-state index < -0.39 is 10.0 Å². The molecule has 166 valence electrons. The highest BCUT2D eigenvalue weighted by Crippen LogP contribution is 2.30. The lowest BCUT2D eigenvalue weighted by molar-refractivity contribution is -0.113. The quantitative estimate of drug-likeness (QED) is 0.549. The minimum Gasteiger partial charge on any atom is -0.489 e. The zero-order valence-corrected chi connectivity index (χ0v) is 19.5. The fraction of sp³-hybridized carbons (Fsp3) is 0.526. The topological polar surface area (TPSA) is 115 Å². The Labute approximate surface area is 181 Å². The van der Waals surface area contributed by atoms with Crippen molar-refractivity contribution in [2.75, 3.05) is 24.2 Å². The van der Waals surface area contributed by atoms with E-state index in [-0.39, 0.29) is 22.7 Å². The van der Waals surface area contributed by atoms with Crippen molar-refractivity contribution in [1.29, 1.82) is 0 Å². The largest absolute Gasteiger partial charge is 0.489 e. The molecular formula is C19H28N4O5S2. The molecule has 2 aromatic rings. The van der Waals surface area contributed by atoms with Gasteiger partial charge < -0.3 is 14.6 Å². The molecule has 0 aliphatic heterocycles. The number of amides is 1. The molecule has 0 spiro atoms. The Morgan fingerprint density at radius 3 is 2.57 bits per heavy atom. The van der Waals surface area contributed by atoms with E-state index >= 15 is 0 Å². The summed E-state index contributed by atoms with van der Waals surface area (Å²) in [6.45, 7) is 9.69. The van der Waals surface area contributed by atoms with Crippen molar-refractivity contribution in [2.24, 2.45) is 0 Å². The third kappa shape index (κ3) is 6.44. The lowest BCUT2D eigenvalue weighted by atomic mass is 10.3. The number of nitrogens with one attached hydrogen (secondary N) is 1. The van der Waals surface area contributed by atoms with Crippen molar-refractivity contribution in [3.63, 3.8) is 0 Å². The maximum absolute atomic E-state index is 12.8. The SMILES string of the molecule is CCN(CC)S(=O)(=O)c1ccc(OC(C)C)c(NC(=O)CSCc2noc(C)n2)c1. The predicted octanol–water partition coefficient (Wildman–Crippen LogP) is 3.07. The molecular weight excluding hydrogens is 428 g/mol. The van der Waals surface area contributed by atoms with E-state index in [1.165, 1.54) is 28.2 Å². The van der Waals surface area contributed by atoms with Crippen molar-refractivity contribution in [3.05, 3.63) is 29.9 Å². The fourth-order valence-corrected chi connectivity index (χ4v) is 4.80. The third-order valence-corrected chi connectivity index (χ3v) is 6.94. The first-order valence-electron chi connectivity index (χ1n) is 9.65. The summed E-state index contributed by atoms with van der Waals surface area (Å²) in [6, 6.07) is 4.51. The first kappa shape index (κ1) is 24.2. The summed E-state index contributed by atoms with van der Waals surface area (Å²) in [6.07, 6.45) is -0.137. The summed E-state index contributed by atoms with van der Waals surface area (Å²) in [4.78, 5) is 16.6. The number of ether oxygens (including phenoxy) is 1. The Hall–Kier alpha value is -2.11. The minimum atomic E-state index is -3.66. The van der Waals surface area contributed by atoms with Gasteiger partial charge in [-0.15, -0.1) is 11.8 Å². The fourth-order valence-electron chi connectivity index (χ4n) is 2.66. The molecule has 0 unspecified atom stereocenters. The average Bonchev–Trinajstić information content (AvgIpc) is 3.08. The van der Waals surface area contributed by atoms with Gasteiger partial charge in [0, 0.05) is 20.0 Å². The van der Waals surface area contributed by atoms with Crippen LogP contribution in [0.3, 0.4) is 0 Å². The molecule has 1 amide bonds. The molecule has 0 atom stereocenters. The Bertz CT molecular complexity index is 956. The zero-order valence-electron chi connectivity index (χ0n) is 17.8. The molecule has 0 aliphatic carbocycles. The molecule has 0 fully saturated rings. The van der Waals surface area contributed by atoms with Gasteiger partial charge in [-0.3, -0.25) is 4.79 Å². The van der Waals surface area contributed by atoms with Crippen LogP contribution in [0.5, 0.6) is 5.75 Å². The number of hydrogen-bond acceptors (Lipinski definition) is 8. The van der Waals surface area contributed by atoms with Gasteiger partial charge in [0.25, 0.3) is 0 Å². The Morgan fingerprint density at radius 1 is 1.30 bits per heavy atom. The Kier molecular flexibility index (Phi) is 8.68. The van der Waals surface area contributed by atoms with Crippen LogP contribution in [0.2, 0.25) is 0 Å². The van der Waals surface area contributed by atoms with Crippen LogP contribution in [-0.2, 0) is 20.6 Å². The number of anilines is 1. The van der Waals surface area contributed by atoms with Gasteiger partial charge in [-0.2, -0.15) is 9.29 Å². The van der Waals surface area contributed by atoms with E-state index in [1.807, 2.05) is 13.8 Å². The number of rotatable bonds is 11. The molecule has 0 radical (unpaired) electrons. The van der Waals surface area contributed by atoms with Gasteiger partial charge in [-0.05, 0) is 32.0 Å². The first-order valence-corrected chi connectivity index (χ1v) is 12.2. The molecule has 1 aromatic heterocycles. The van der Waals surface area contributed by atoms with E-state index in [0.29, 0.717) is 42.0 Å². The predicted molar refractivity (Wildman–Crippen MR) is 116 cm³/mol. The highest BCUT2D eigenvalue weighted by atomic mass is 32.2. The summed E-state index contributed by atoms with van der Waals surface area (Å²) in [5.41, 5.74) is 0.318. The molecule has 0 saturated heterocycles. The third-order valence-electron chi connectivity index (χ3n) is 3.96. The van der Waals surface area contributed by atoms with Gasteiger partial charge in [0.2, 0.25) is 21.8 Å². The van der Waals surface area contributed by atoms with Crippen LogP contribution in [0.25, 0.3) is 0 Å². The number of benzene rings is 1. The van der Waals surface area contributed by atoms with Gasteiger partial charge in [0.05, 0.1) is 28.2 Å². The van der Waals surface area contributed by atoms with Crippen LogP contribution < -0.4 is 10.1 Å². The summed E-state index contributed by atoms with van der Waals surface area (Å²) in [7, 11) is -3.66. The monoisotopic (exact) mass is 456 g/mol. The highest BCUT2D eigenvalue weighted by Gasteiger charge is 2.23. The van der Waals surface area contributed by atoms with Crippen molar-refractivity contribution >= 4 is 33.4 Å². The molecule has 0 aliphatic rings. The zero-order chi connectivity index (χ0) is 22.3. The summed E-state index contributed by atoms with van der Waals surface area (Å²) < 4.78 is 37.7. The Balaban J connectivity index is 2.17. The van der Waals surface area contributed by atoms with Crippen LogP contribution in [0.1, 0.15) is 39.4 Å². The number of sulfonamides is 1. The minimum absolute atomic E-state index is 0.104. The number of aryl methyl sites for hydroxylation is 1. The van der Waals surface area contributed by atoms with E-state index in [4.69, 9.17) is 9.26 Å². The van der Waals surface area contributed by atoms with Gasteiger partial charge >= 0.3 is 0 Å². The number of thioether (sulfide) groups is 1. The molecule has 11 heteroatoms. The molecule has 1 heterocycles. The van der Waals surface area contributed by atoms with E-state index in [1.54, 1.807) is 26.8 Å². The van der Waals surface area contributed by atoms with Crippen molar-refractivity contribution < 1.29 is 22.5 Å². The van der Waals surface area contributed by atoms with Crippen molar-refractivity contribution in [1.82, 2.24) is 14.4 Å². The van der Waals surface area contributed by atoms with Gasteiger partial charge in [0.15, 0.2) is 5.82 Å². The molecule has 30 heavy (non-hydrogen) atoms. The van der Waals surface area contributed by atoms with Crippen LogP contribution in [0.4, 0.5) is 5.69 Å². The molecule has 2 rings (SSSR count). The maximum Gasteiger partial charge on any atom is 0.243 e. The van der Waals surface area contributed by atoms with Crippen LogP contribution >= 0.6 is 11.8 Å². The smallest absolute Gasteiger partial charge is 0.243 e. The second-order valence-corrected chi connectivity index (χ2v) is 9.61. The van der Waals surface area contributed by atoms with E-state index in [9.17, 15) is 13.2 Å². The van der Waals surface area contributed by atoms with Gasteiger partial charge in [-0.1, -0.05) is 19.0 Å². The molecule has 9 nitrogen and oxygen atoms in total. The average molecular weight is 457 g/mol. The first-order chi connectivity index (χ1) is 14.2. The van der Waals surface area contributed by atoms with Crippen LogP contribution in [-0.4, -0.2) is 53.7 Å². The standard InChI is InChI=1S/C19H28N4O5S2/c1-6-23(7-2)30(25,26)15-8-9-17(27-13(3)4)16(10-15)21-19(24)12-29-11-18-20-14(5)28-22-18/h8-10,13H,6-7,11-12H2,1-5H3,(H,21,24). The van der Waals surface area contributed by atoms with Crippen LogP contribution in [0.15, 0.2) is 27.6 Å². The maximum atomic E-state index is 12.8. The van der Waals surface area contributed by atoms with Crippen molar-refractivity contribution in [3.8, 4) is 5.75 Å². The van der Waals surface area contributed by atoms with E-state index in [0.717, 1.165) is 0 Å². The second kappa shape index (κ2) is 10.8. The number of carbonyl (C=O) groups excluding carboxylic acids is 1. The van der Waals surface area contributed by atoms with Gasteiger partial charge in [0.1, 0.15) is 5.75 Å². The number of aromatic nitrogens is 2. The van der Waals surface area contributed by atoms with E-state index in [2.05, 4.69) is 15.5 Å². The highest BCUT2D eigenvalue weighted by molar-refractivity contribution is 7.99. The lowest BCUT2D eigenvalue weighted by Gasteiger charge is -2.20. The molecule has 1 aromatic carbocycles. The molecule has 0 bridgehead atoms. The lowest BCUT2D eigenvalue weighted by Crippen LogP contribution is -2.30. The number of nitrogens with zero attached hydrogens (tertiary/aromatic N) is 3. The van der Waals surface area contributed by atoms with Crippen LogP contribution in [0, 0.1) is 6.92 Å². The Morgan fingerprint density at radius 2 is 2.00 bits per heavy atom. The molecule has 1 N–H and O–H groups in total. The summed E-state index contributed by atoms with van der Waals surface area (Å²) in [5, 5.41) is 6.55. The summed E-state index contributed by atoms with van der Waals surface area (Å²) >= 11 is 1.32. The van der Waals surface area contributed by atoms with Crippen molar-refractivity contribution in [2.45, 2.75) is 51.4 Å². The number of hydrogen-bond donors (Lipinski definition) is 1. The molecule has 0 saturated carbocycles. The van der Waals surface area contributed by atoms with Gasteiger partial charge in [-0.25, -0.2) is 8.42 Å². The number of carbonyl (C=O) groups is 1. The second-order valence-electron chi connectivity index (χ2n) is 6.68.